The quantitative estimate of drug-likeness (QED) is 0.128. The summed E-state index contributed by atoms with van der Waals surface area (Å²) < 4.78 is 6.11. The monoisotopic (exact) mass is 552 g/mol. The molecule has 0 aliphatic rings. The van der Waals surface area contributed by atoms with Crippen LogP contribution in [0.25, 0.3) is 21.9 Å². The number of aliphatic hydroxyl groups is 1. The smallest absolute Gasteiger partial charge is 0.173 e. The first-order valence-electron chi connectivity index (χ1n) is 13.6. The zero-order chi connectivity index (χ0) is 30.2. The van der Waals surface area contributed by atoms with Crippen LogP contribution in [0.15, 0.2) is 28.2 Å². The van der Waals surface area contributed by atoms with E-state index in [0.717, 1.165) is 5.57 Å². The molecule has 1 aromatic heterocycles. The number of benzene rings is 2. The van der Waals surface area contributed by atoms with Crippen LogP contribution in [0.4, 0.5) is 0 Å². The van der Waals surface area contributed by atoms with E-state index < -0.39 is 52.5 Å². The van der Waals surface area contributed by atoms with Crippen molar-refractivity contribution in [1.29, 1.82) is 0 Å². The number of carbonyl (C=O) groups is 2. The maximum absolute atomic E-state index is 13.6. The van der Waals surface area contributed by atoms with Crippen molar-refractivity contribution in [2.24, 2.45) is 11.8 Å². The minimum Gasteiger partial charge on any atom is -0.507 e. The molecule has 2 aromatic carbocycles. The molecule has 0 aliphatic heterocycles. The second kappa shape index (κ2) is 11.8. The molecule has 0 spiro atoms. The van der Waals surface area contributed by atoms with Gasteiger partial charge in [0.1, 0.15) is 39.7 Å². The zero-order valence-electron chi connectivity index (χ0n) is 24.3. The fourth-order valence-electron chi connectivity index (χ4n) is 4.67. The van der Waals surface area contributed by atoms with Crippen molar-refractivity contribution in [2.45, 2.75) is 80.3 Å². The van der Waals surface area contributed by atoms with Crippen LogP contribution >= 0.6 is 0 Å². The highest BCUT2D eigenvalue weighted by molar-refractivity contribution is 6.22. The highest BCUT2D eigenvalue weighted by Crippen LogP contribution is 2.52. The van der Waals surface area contributed by atoms with Crippen LogP contribution in [-0.2, 0) is 12.8 Å². The van der Waals surface area contributed by atoms with Crippen LogP contribution in [0.2, 0.25) is 0 Å². The summed E-state index contributed by atoms with van der Waals surface area (Å²) in [5.74, 6) is -4.03. The molecule has 0 saturated carbocycles. The van der Waals surface area contributed by atoms with Crippen molar-refractivity contribution in [3.63, 3.8) is 0 Å². The second-order valence-electron chi connectivity index (χ2n) is 11.0. The molecule has 1 heterocycles. The molecule has 5 N–H and O–H groups in total. The number of furan rings is 1. The van der Waals surface area contributed by atoms with E-state index in [1.807, 2.05) is 20.8 Å². The SMILES string of the molecule is C=C(C)[C@@H](O)Cc1c(O)c(C(=O)[C@H](C)CC)c(O)c2c1oc1c(C(=O)[C@H](C)CC)c(O)c(CC=C(C)C)c(O)c12. The largest absolute Gasteiger partial charge is 0.507 e. The van der Waals surface area contributed by atoms with Gasteiger partial charge in [0.05, 0.1) is 16.9 Å². The number of aromatic hydroxyl groups is 4. The number of hydrogen-bond donors (Lipinski definition) is 5. The van der Waals surface area contributed by atoms with E-state index in [0.29, 0.717) is 18.4 Å². The predicted molar refractivity (Wildman–Crippen MR) is 156 cm³/mol. The van der Waals surface area contributed by atoms with Crippen LogP contribution in [-0.4, -0.2) is 43.2 Å². The standard InChI is InChI=1S/C32H40O8/c1-9-16(7)25(34)23-29(38)19(13-20(33)15(5)6)31-22(30(23)39)21-27(36)18(12-11-14(3)4)28(37)24(32(21)40-31)26(35)17(8)10-2/h11,16-17,20,33,36-39H,5,9-10,12-13H2,1-4,6-8H3/t16-,17-,20+/m1/s1. The Morgan fingerprint density at radius 1 is 0.800 bits per heavy atom. The van der Waals surface area contributed by atoms with E-state index in [1.54, 1.807) is 33.8 Å². The first-order chi connectivity index (χ1) is 18.7. The van der Waals surface area contributed by atoms with Crippen molar-refractivity contribution in [1.82, 2.24) is 0 Å². The minimum atomic E-state index is -1.13. The van der Waals surface area contributed by atoms with Crippen molar-refractivity contribution in [3.05, 3.63) is 46.1 Å². The Balaban J connectivity index is 2.66. The van der Waals surface area contributed by atoms with Gasteiger partial charge < -0.3 is 29.9 Å². The Morgan fingerprint density at radius 2 is 1.30 bits per heavy atom. The third kappa shape index (κ3) is 5.20. The van der Waals surface area contributed by atoms with Crippen LogP contribution in [0, 0.1) is 11.8 Å². The van der Waals surface area contributed by atoms with Gasteiger partial charge in [0.15, 0.2) is 17.1 Å². The van der Waals surface area contributed by atoms with E-state index >= 15 is 0 Å². The summed E-state index contributed by atoms with van der Waals surface area (Å²) in [4.78, 5) is 26.9. The van der Waals surface area contributed by atoms with Crippen LogP contribution < -0.4 is 0 Å². The molecule has 3 atom stereocenters. The Hall–Kier alpha value is -3.78. The van der Waals surface area contributed by atoms with Gasteiger partial charge in [0.25, 0.3) is 0 Å². The molecule has 0 fully saturated rings. The van der Waals surface area contributed by atoms with E-state index in [-0.39, 0.29) is 57.0 Å². The molecule has 0 unspecified atom stereocenters. The molecule has 216 valence electrons. The molecule has 0 aliphatic carbocycles. The van der Waals surface area contributed by atoms with Crippen LogP contribution in [0.3, 0.4) is 0 Å². The topological polar surface area (TPSA) is 148 Å². The first-order valence-corrected chi connectivity index (χ1v) is 13.6. The number of fused-ring (bicyclic) bond motifs is 3. The number of phenols is 4. The van der Waals surface area contributed by atoms with Crippen molar-refractivity contribution in [3.8, 4) is 23.0 Å². The third-order valence-electron chi connectivity index (χ3n) is 7.74. The van der Waals surface area contributed by atoms with Gasteiger partial charge in [0, 0.05) is 29.4 Å². The molecule has 0 amide bonds. The summed E-state index contributed by atoms with van der Waals surface area (Å²) in [6.07, 6.45) is 1.42. The molecule has 0 saturated heterocycles. The lowest BCUT2D eigenvalue weighted by Gasteiger charge is -2.17. The molecule has 0 radical (unpaired) electrons. The highest BCUT2D eigenvalue weighted by atomic mass is 16.3. The number of ketones is 2. The molecule has 3 rings (SSSR count). The molecule has 8 nitrogen and oxygen atoms in total. The predicted octanol–water partition coefficient (Wildman–Crippen LogP) is 6.85. The molecule has 0 bridgehead atoms. The van der Waals surface area contributed by atoms with Gasteiger partial charge in [-0.3, -0.25) is 9.59 Å². The number of carbonyl (C=O) groups excluding carboxylic acids is 2. The van der Waals surface area contributed by atoms with E-state index in [4.69, 9.17) is 4.42 Å². The van der Waals surface area contributed by atoms with E-state index in [2.05, 4.69) is 6.58 Å². The van der Waals surface area contributed by atoms with E-state index in [9.17, 15) is 35.1 Å². The normalized spacial score (nSPS) is 13.8. The van der Waals surface area contributed by atoms with Gasteiger partial charge in [-0.2, -0.15) is 0 Å². The molecule has 3 aromatic rings. The molecular weight excluding hydrogens is 512 g/mol. The van der Waals surface area contributed by atoms with Crippen molar-refractivity contribution >= 4 is 33.5 Å². The number of rotatable bonds is 11. The van der Waals surface area contributed by atoms with E-state index in [1.165, 1.54) is 0 Å². The molecule has 40 heavy (non-hydrogen) atoms. The maximum atomic E-state index is 13.6. The van der Waals surface area contributed by atoms with Gasteiger partial charge in [-0.25, -0.2) is 0 Å². The Labute approximate surface area is 234 Å². The third-order valence-corrected chi connectivity index (χ3v) is 7.74. The van der Waals surface area contributed by atoms with Crippen LogP contribution in [0.5, 0.6) is 23.0 Å². The first kappa shape index (κ1) is 30.8. The average Bonchev–Trinajstić information content (AvgIpc) is 3.29. The summed E-state index contributed by atoms with van der Waals surface area (Å²) in [5.41, 5.74) is 0.576. The average molecular weight is 553 g/mol. The zero-order valence-corrected chi connectivity index (χ0v) is 24.3. The maximum Gasteiger partial charge on any atom is 0.173 e. The van der Waals surface area contributed by atoms with Gasteiger partial charge in [-0.1, -0.05) is 51.5 Å². The summed E-state index contributed by atoms with van der Waals surface area (Å²) >= 11 is 0. The van der Waals surface area contributed by atoms with Gasteiger partial charge in [-0.05, 0) is 40.0 Å². The lowest BCUT2D eigenvalue weighted by atomic mass is 9.88. The minimum absolute atomic E-state index is 0.0119. The summed E-state index contributed by atoms with van der Waals surface area (Å²) in [6.45, 7) is 16.1. The highest BCUT2D eigenvalue weighted by Gasteiger charge is 2.35. The fraction of sp³-hybridized carbons (Fsp3) is 0.438. The number of allylic oxidation sites excluding steroid dienone is 2. The van der Waals surface area contributed by atoms with Crippen molar-refractivity contribution < 1.29 is 39.5 Å². The molecular formula is C32H40O8. The number of aliphatic hydroxyl groups excluding tert-OH is 1. The Morgan fingerprint density at radius 3 is 1.80 bits per heavy atom. The second-order valence-corrected chi connectivity index (χ2v) is 11.0. The number of phenolic OH excluding ortho intramolecular Hbond substituents is 4. The van der Waals surface area contributed by atoms with Gasteiger partial charge >= 0.3 is 0 Å². The van der Waals surface area contributed by atoms with Gasteiger partial charge in [-0.15, -0.1) is 0 Å². The Bertz CT molecular complexity index is 1530. The summed E-state index contributed by atoms with van der Waals surface area (Å²) in [5, 5.41) is 56.1. The number of Topliss-reactive ketones (excluding diaryl/α,β-unsaturated/α-hetero) is 2. The summed E-state index contributed by atoms with van der Waals surface area (Å²) in [7, 11) is 0. The van der Waals surface area contributed by atoms with Crippen molar-refractivity contribution in [2.75, 3.05) is 0 Å². The number of hydrogen-bond acceptors (Lipinski definition) is 8. The summed E-state index contributed by atoms with van der Waals surface area (Å²) in [6, 6.07) is 0. The lowest BCUT2D eigenvalue weighted by Crippen LogP contribution is -2.15. The fourth-order valence-corrected chi connectivity index (χ4v) is 4.67. The molecule has 8 heteroatoms. The van der Waals surface area contributed by atoms with Crippen LogP contribution in [0.1, 0.15) is 93.2 Å². The van der Waals surface area contributed by atoms with Gasteiger partial charge in [0.2, 0.25) is 0 Å². The Kier molecular flexibility index (Phi) is 9.04. The lowest BCUT2D eigenvalue weighted by molar-refractivity contribution is 0.0915.